The maximum absolute atomic E-state index is 12.5. The van der Waals surface area contributed by atoms with Crippen molar-refractivity contribution in [1.82, 2.24) is 24.9 Å². The lowest BCUT2D eigenvalue weighted by atomic mass is 10.0. The molecular weight excluding hydrogens is 418 g/mol. The topological polar surface area (TPSA) is 98.9 Å². The van der Waals surface area contributed by atoms with Gasteiger partial charge in [-0.15, -0.1) is 0 Å². The zero-order chi connectivity index (χ0) is 22.8. The molecule has 0 spiro atoms. The Morgan fingerprint density at radius 3 is 2.67 bits per heavy atom. The van der Waals surface area contributed by atoms with E-state index in [2.05, 4.69) is 15.5 Å². The number of aryl methyl sites for hydroxylation is 2. The van der Waals surface area contributed by atoms with Crippen LogP contribution in [0.5, 0.6) is 0 Å². The molecule has 0 saturated carbocycles. The summed E-state index contributed by atoms with van der Waals surface area (Å²) in [5.74, 6) is -0.353. The van der Waals surface area contributed by atoms with Gasteiger partial charge in [0.1, 0.15) is 6.54 Å². The van der Waals surface area contributed by atoms with Gasteiger partial charge in [-0.2, -0.15) is 10.2 Å². The van der Waals surface area contributed by atoms with Gasteiger partial charge >= 0.3 is 0 Å². The summed E-state index contributed by atoms with van der Waals surface area (Å²) >= 11 is 0. The molecule has 33 heavy (non-hydrogen) atoms. The first kappa shape index (κ1) is 20.8. The average molecular weight is 441 g/mol. The molecule has 0 radical (unpaired) electrons. The minimum absolute atomic E-state index is 0.162. The highest BCUT2D eigenvalue weighted by Gasteiger charge is 2.15. The molecule has 5 rings (SSSR count). The van der Waals surface area contributed by atoms with E-state index in [-0.39, 0.29) is 36.7 Å². The summed E-state index contributed by atoms with van der Waals surface area (Å²) in [6.07, 6.45) is 2.79. The van der Waals surface area contributed by atoms with E-state index in [1.165, 1.54) is 10.7 Å². The largest absolute Gasteiger partial charge is 0.353 e. The van der Waals surface area contributed by atoms with E-state index in [1.807, 2.05) is 42.5 Å². The molecule has 1 aliphatic rings. The number of amides is 1. The van der Waals surface area contributed by atoms with E-state index in [0.29, 0.717) is 5.69 Å². The van der Waals surface area contributed by atoms with Crippen LogP contribution in [0.2, 0.25) is 0 Å². The molecule has 8 heteroatoms. The number of carbonyl (C=O) groups is 1. The second kappa shape index (κ2) is 8.82. The van der Waals surface area contributed by atoms with Crippen molar-refractivity contribution in [2.24, 2.45) is 0 Å². The van der Waals surface area contributed by atoms with E-state index in [4.69, 9.17) is 0 Å². The number of carbonyl (C=O) groups excluding carboxylic acids is 1. The molecule has 2 heterocycles. The van der Waals surface area contributed by atoms with Crippen LogP contribution < -0.4 is 16.4 Å². The SMILES string of the molecule is O=C(Cn1nc(-c2cccc3ccccc23)ccc1=O)NCCn1nc2c(cc1=O)CCC2. The lowest BCUT2D eigenvalue weighted by Crippen LogP contribution is -2.36. The van der Waals surface area contributed by atoms with Crippen LogP contribution in [0.15, 0.2) is 70.3 Å². The van der Waals surface area contributed by atoms with Crippen molar-refractivity contribution in [3.8, 4) is 11.3 Å². The fourth-order valence-corrected chi connectivity index (χ4v) is 4.25. The summed E-state index contributed by atoms with van der Waals surface area (Å²) in [4.78, 5) is 37.0. The molecule has 0 unspecified atom stereocenters. The van der Waals surface area contributed by atoms with Gasteiger partial charge < -0.3 is 5.32 Å². The maximum Gasteiger partial charge on any atom is 0.267 e. The molecule has 0 bridgehead atoms. The molecule has 166 valence electrons. The smallest absolute Gasteiger partial charge is 0.267 e. The van der Waals surface area contributed by atoms with Crippen molar-refractivity contribution in [2.45, 2.75) is 32.4 Å². The number of fused-ring (bicyclic) bond motifs is 2. The lowest BCUT2D eigenvalue weighted by molar-refractivity contribution is -0.121. The Hall–Kier alpha value is -4.07. The Balaban J connectivity index is 1.28. The quantitative estimate of drug-likeness (QED) is 0.493. The maximum atomic E-state index is 12.5. The van der Waals surface area contributed by atoms with Crippen LogP contribution in [0, 0.1) is 0 Å². The molecule has 0 aliphatic heterocycles. The Morgan fingerprint density at radius 1 is 0.909 bits per heavy atom. The molecule has 1 amide bonds. The van der Waals surface area contributed by atoms with E-state index in [0.717, 1.165) is 51.5 Å². The molecule has 2 aromatic carbocycles. The van der Waals surface area contributed by atoms with Crippen LogP contribution >= 0.6 is 0 Å². The molecule has 1 aliphatic carbocycles. The average Bonchev–Trinajstić information content (AvgIpc) is 3.27. The Kier molecular flexibility index (Phi) is 5.56. The summed E-state index contributed by atoms with van der Waals surface area (Å²) in [7, 11) is 0. The number of benzene rings is 2. The molecule has 8 nitrogen and oxygen atoms in total. The third-order valence-corrected chi connectivity index (χ3v) is 5.90. The zero-order valence-corrected chi connectivity index (χ0v) is 18.0. The normalized spacial score (nSPS) is 12.6. The van der Waals surface area contributed by atoms with Crippen LogP contribution in [0.3, 0.4) is 0 Å². The van der Waals surface area contributed by atoms with Crippen LogP contribution in [0.25, 0.3) is 22.0 Å². The first-order valence-corrected chi connectivity index (χ1v) is 11.0. The van der Waals surface area contributed by atoms with E-state index >= 15 is 0 Å². The number of nitrogens with one attached hydrogen (secondary N) is 1. The third-order valence-electron chi connectivity index (χ3n) is 5.90. The summed E-state index contributed by atoms with van der Waals surface area (Å²) in [6, 6.07) is 18.6. The molecule has 2 aromatic heterocycles. The Bertz CT molecular complexity index is 1470. The van der Waals surface area contributed by atoms with Gasteiger partial charge in [-0.1, -0.05) is 42.5 Å². The number of hydrogen-bond acceptors (Lipinski definition) is 5. The van der Waals surface area contributed by atoms with Crippen molar-refractivity contribution in [3.63, 3.8) is 0 Å². The Labute approximate surface area is 189 Å². The van der Waals surface area contributed by atoms with Crippen molar-refractivity contribution >= 4 is 16.7 Å². The van der Waals surface area contributed by atoms with Gasteiger partial charge in [0.05, 0.1) is 17.9 Å². The zero-order valence-electron chi connectivity index (χ0n) is 18.0. The van der Waals surface area contributed by atoms with Crippen LogP contribution in [0.4, 0.5) is 0 Å². The van der Waals surface area contributed by atoms with Crippen molar-refractivity contribution in [3.05, 3.63) is 92.6 Å². The predicted molar refractivity (Wildman–Crippen MR) is 125 cm³/mol. The second-order valence-electron chi connectivity index (χ2n) is 8.12. The minimum Gasteiger partial charge on any atom is -0.353 e. The molecule has 0 saturated heterocycles. The van der Waals surface area contributed by atoms with Gasteiger partial charge in [-0.25, -0.2) is 9.36 Å². The lowest BCUT2D eigenvalue weighted by Gasteiger charge is -2.11. The highest BCUT2D eigenvalue weighted by atomic mass is 16.2. The predicted octanol–water partition coefficient (Wildman–Crippen LogP) is 1.93. The highest BCUT2D eigenvalue weighted by molar-refractivity contribution is 5.95. The van der Waals surface area contributed by atoms with E-state index < -0.39 is 0 Å². The molecular formula is C25H23N5O3. The molecule has 0 fully saturated rings. The van der Waals surface area contributed by atoms with Crippen molar-refractivity contribution < 1.29 is 4.79 Å². The third kappa shape index (κ3) is 4.32. The van der Waals surface area contributed by atoms with Gasteiger partial charge in [0, 0.05) is 24.2 Å². The van der Waals surface area contributed by atoms with E-state index in [9.17, 15) is 14.4 Å². The summed E-state index contributed by atoms with van der Waals surface area (Å²) in [5.41, 5.74) is 2.98. The first-order valence-electron chi connectivity index (χ1n) is 11.0. The minimum atomic E-state index is -0.356. The number of nitrogens with zero attached hydrogens (tertiary/aromatic N) is 4. The Morgan fingerprint density at radius 2 is 1.76 bits per heavy atom. The summed E-state index contributed by atoms with van der Waals surface area (Å²) in [5, 5.41) is 13.7. The van der Waals surface area contributed by atoms with Crippen molar-refractivity contribution in [2.75, 3.05) is 6.54 Å². The van der Waals surface area contributed by atoms with Crippen LogP contribution in [-0.2, 0) is 30.7 Å². The summed E-state index contributed by atoms with van der Waals surface area (Å²) in [6.45, 7) is 0.308. The van der Waals surface area contributed by atoms with Crippen molar-refractivity contribution in [1.29, 1.82) is 0 Å². The van der Waals surface area contributed by atoms with Crippen LogP contribution in [0.1, 0.15) is 17.7 Å². The molecule has 1 N–H and O–H groups in total. The summed E-state index contributed by atoms with van der Waals surface area (Å²) < 4.78 is 2.54. The van der Waals surface area contributed by atoms with Gasteiger partial charge in [0.25, 0.3) is 11.1 Å². The number of hydrogen-bond donors (Lipinski definition) is 1. The molecule has 0 atom stereocenters. The number of aromatic nitrogens is 4. The second-order valence-corrected chi connectivity index (χ2v) is 8.12. The molecule has 4 aromatic rings. The number of rotatable bonds is 6. The van der Waals surface area contributed by atoms with E-state index in [1.54, 1.807) is 12.1 Å². The van der Waals surface area contributed by atoms with Gasteiger partial charge in [0.2, 0.25) is 5.91 Å². The van der Waals surface area contributed by atoms with Gasteiger partial charge in [0.15, 0.2) is 0 Å². The first-order chi connectivity index (χ1) is 16.1. The fraction of sp³-hybridized carbons (Fsp3) is 0.240. The monoisotopic (exact) mass is 441 g/mol. The standard InChI is InChI=1S/C25H23N5O3/c31-23(26-13-14-29-25(33)15-18-7-4-10-21(18)27-29)16-30-24(32)12-11-22(28-30)20-9-3-6-17-5-1-2-8-19(17)20/h1-3,5-6,8-9,11-12,15H,4,7,10,13-14,16H2,(H,26,31). The van der Waals surface area contributed by atoms with Crippen LogP contribution in [-0.4, -0.2) is 32.0 Å². The highest BCUT2D eigenvalue weighted by Crippen LogP contribution is 2.26. The fourth-order valence-electron chi connectivity index (χ4n) is 4.25. The van der Waals surface area contributed by atoms with Gasteiger partial charge in [-0.3, -0.25) is 14.4 Å². The van der Waals surface area contributed by atoms with Gasteiger partial charge in [-0.05, 0) is 41.7 Å².